The van der Waals surface area contributed by atoms with Gasteiger partial charge in [-0.1, -0.05) is 38.1 Å². The number of ether oxygens (including phenoxy) is 2. The molecule has 2 aromatic carbocycles. The molecular weight excluding hydrogens is 292 g/mol. The predicted molar refractivity (Wildman–Crippen MR) is 90.0 cm³/mol. The summed E-state index contributed by atoms with van der Waals surface area (Å²) in [5.41, 5.74) is 2.10. The third-order valence-corrected chi connectivity index (χ3v) is 3.59. The van der Waals surface area contributed by atoms with Gasteiger partial charge in [0.05, 0.1) is 26.4 Å². The molecule has 2 aromatic rings. The Morgan fingerprint density at radius 2 is 0.913 bits per heavy atom. The zero-order chi connectivity index (χ0) is 16.7. The topological polar surface area (TPSA) is 65.5 Å². The van der Waals surface area contributed by atoms with Crippen LogP contribution < -0.4 is 0 Å². The van der Waals surface area contributed by atoms with Gasteiger partial charge in [0.2, 0.25) is 0 Å². The standard InChI is InChI=1S/C15H16O2.2C2H4O/c1-15(2,11-3-7-13(16)8-4-11)12-5-9-14(17)10-6-12;2*1-2-3-1/h3-10,16-17H,1-2H3;2*1-2H2. The maximum absolute atomic E-state index is 9.30. The van der Waals surface area contributed by atoms with Crippen LogP contribution in [0.1, 0.15) is 25.0 Å². The summed E-state index contributed by atoms with van der Waals surface area (Å²) in [6, 6.07) is 14.4. The van der Waals surface area contributed by atoms with Crippen LogP contribution in [0.25, 0.3) is 0 Å². The van der Waals surface area contributed by atoms with Crippen molar-refractivity contribution in [3.8, 4) is 11.5 Å². The summed E-state index contributed by atoms with van der Waals surface area (Å²) in [5.74, 6) is 0.547. The van der Waals surface area contributed by atoms with E-state index in [-0.39, 0.29) is 16.9 Å². The molecule has 0 atom stereocenters. The third kappa shape index (κ3) is 6.30. The molecule has 0 saturated carbocycles. The molecule has 0 amide bonds. The molecule has 2 aliphatic rings. The SMILES string of the molecule is C1CO1.C1CO1.CC(C)(c1ccc(O)cc1)c1ccc(O)cc1. The summed E-state index contributed by atoms with van der Waals surface area (Å²) in [5, 5.41) is 18.6. The average Bonchev–Trinajstić information content (AvgIpc) is 3.42. The van der Waals surface area contributed by atoms with Gasteiger partial charge in [-0.25, -0.2) is 0 Å². The van der Waals surface area contributed by atoms with Gasteiger partial charge in [0, 0.05) is 5.41 Å². The summed E-state index contributed by atoms with van der Waals surface area (Å²) < 4.78 is 9.00. The van der Waals surface area contributed by atoms with Gasteiger partial charge >= 0.3 is 0 Å². The number of aromatic hydroxyl groups is 2. The Bertz CT molecular complexity index is 525. The molecule has 2 saturated heterocycles. The molecule has 2 heterocycles. The molecule has 0 aliphatic carbocycles. The van der Waals surface area contributed by atoms with Crippen molar-refractivity contribution in [2.75, 3.05) is 26.4 Å². The van der Waals surface area contributed by atoms with Crippen molar-refractivity contribution >= 4 is 0 Å². The minimum absolute atomic E-state index is 0.151. The first-order valence-corrected chi connectivity index (χ1v) is 7.74. The highest BCUT2D eigenvalue weighted by Gasteiger charge is 2.22. The molecule has 2 N–H and O–H groups in total. The fourth-order valence-corrected chi connectivity index (χ4v) is 1.92. The van der Waals surface area contributed by atoms with Gasteiger partial charge in [0.15, 0.2) is 0 Å². The molecular formula is C19H24O4. The molecule has 4 rings (SSSR count). The molecule has 4 heteroatoms. The van der Waals surface area contributed by atoms with Crippen LogP contribution in [0.15, 0.2) is 48.5 Å². The maximum Gasteiger partial charge on any atom is 0.115 e. The van der Waals surface area contributed by atoms with Crippen molar-refractivity contribution < 1.29 is 19.7 Å². The first-order valence-electron chi connectivity index (χ1n) is 7.74. The Morgan fingerprint density at radius 3 is 1.13 bits per heavy atom. The monoisotopic (exact) mass is 316 g/mol. The van der Waals surface area contributed by atoms with Crippen LogP contribution in [-0.4, -0.2) is 36.6 Å². The van der Waals surface area contributed by atoms with Crippen LogP contribution in [0, 0.1) is 0 Å². The van der Waals surface area contributed by atoms with Crippen LogP contribution in [0.4, 0.5) is 0 Å². The molecule has 0 spiro atoms. The summed E-state index contributed by atoms with van der Waals surface area (Å²) in [4.78, 5) is 0. The van der Waals surface area contributed by atoms with Crippen molar-refractivity contribution in [3.63, 3.8) is 0 Å². The summed E-state index contributed by atoms with van der Waals surface area (Å²) in [6.07, 6.45) is 0. The van der Waals surface area contributed by atoms with Crippen molar-refractivity contribution in [3.05, 3.63) is 59.7 Å². The highest BCUT2D eigenvalue weighted by atomic mass is 16.6. The highest BCUT2D eigenvalue weighted by Crippen LogP contribution is 2.32. The van der Waals surface area contributed by atoms with Crippen molar-refractivity contribution in [1.29, 1.82) is 0 Å². The average molecular weight is 316 g/mol. The largest absolute Gasteiger partial charge is 0.508 e. The molecule has 2 aliphatic heterocycles. The van der Waals surface area contributed by atoms with Gasteiger partial charge in [-0.3, -0.25) is 0 Å². The quantitative estimate of drug-likeness (QED) is 0.833. The normalized spacial score (nSPS) is 14.7. The molecule has 0 bridgehead atoms. The van der Waals surface area contributed by atoms with E-state index in [0.717, 1.165) is 37.6 Å². The zero-order valence-corrected chi connectivity index (χ0v) is 13.7. The molecule has 4 nitrogen and oxygen atoms in total. The highest BCUT2D eigenvalue weighted by molar-refractivity contribution is 5.41. The smallest absolute Gasteiger partial charge is 0.115 e. The molecule has 2 fully saturated rings. The van der Waals surface area contributed by atoms with Crippen LogP contribution >= 0.6 is 0 Å². The van der Waals surface area contributed by atoms with Crippen molar-refractivity contribution in [1.82, 2.24) is 0 Å². The molecule has 0 unspecified atom stereocenters. The summed E-state index contributed by atoms with van der Waals surface area (Å²) in [7, 11) is 0. The van der Waals surface area contributed by atoms with Gasteiger partial charge in [-0.2, -0.15) is 0 Å². The van der Waals surface area contributed by atoms with E-state index in [4.69, 9.17) is 0 Å². The van der Waals surface area contributed by atoms with Crippen LogP contribution in [0.2, 0.25) is 0 Å². The Kier molecular flexibility index (Phi) is 6.02. The van der Waals surface area contributed by atoms with Gasteiger partial charge in [0.1, 0.15) is 11.5 Å². The number of epoxide rings is 2. The first-order chi connectivity index (χ1) is 11.0. The second-order valence-corrected chi connectivity index (χ2v) is 5.94. The van der Waals surface area contributed by atoms with E-state index in [1.807, 2.05) is 24.3 Å². The number of rotatable bonds is 2. The lowest BCUT2D eigenvalue weighted by Gasteiger charge is -2.26. The molecule has 0 radical (unpaired) electrons. The predicted octanol–water partition coefficient (Wildman–Crippen LogP) is 3.46. The maximum atomic E-state index is 9.30. The Hall–Kier alpha value is -2.04. The summed E-state index contributed by atoms with van der Waals surface area (Å²) >= 11 is 0. The van der Waals surface area contributed by atoms with Gasteiger partial charge < -0.3 is 19.7 Å². The van der Waals surface area contributed by atoms with E-state index < -0.39 is 0 Å². The van der Waals surface area contributed by atoms with Crippen molar-refractivity contribution in [2.24, 2.45) is 0 Å². The Morgan fingerprint density at radius 1 is 0.652 bits per heavy atom. The zero-order valence-electron chi connectivity index (χ0n) is 13.7. The number of phenols is 2. The van der Waals surface area contributed by atoms with E-state index >= 15 is 0 Å². The van der Waals surface area contributed by atoms with Gasteiger partial charge in [-0.15, -0.1) is 0 Å². The second kappa shape index (κ2) is 7.99. The number of hydrogen-bond acceptors (Lipinski definition) is 4. The van der Waals surface area contributed by atoms with E-state index in [9.17, 15) is 10.2 Å². The van der Waals surface area contributed by atoms with Gasteiger partial charge in [0.25, 0.3) is 0 Å². The van der Waals surface area contributed by atoms with Crippen LogP contribution in [-0.2, 0) is 14.9 Å². The number of phenolic OH excluding ortho intramolecular Hbond substituents is 2. The lowest BCUT2D eigenvalue weighted by molar-refractivity contribution is 0.474. The molecule has 124 valence electrons. The fraction of sp³-hybridized carbons (Fsp3) is 0.368. The third-order valence-electron chi connectivity index (χ3n) is 3.59. The number of benzene rings is 2. The minimum atomic E-state index is -0.151. The van der Waals surface area contributed by atoms with E-state index in [0.29, 0.717) is 0 Å². The van der Waals surface area contributed by atoms with E-state index in [2.05, 4.69) is 23.3 Å². The first kappa shape index (κ1) is 17.3. The lowest BCUT2D eigenvalue weighted by atomic mass is 9.78. The van der Waals surface area contributed by atoms with Crippen LogP contribution in [0.3, 0.4) is 0 Å². The molecule has 0 aromatic heterocycles. The van der Waals surface area contributed by atoms with Gasteiger partial charge in [-0.05, 0) is 35.4 Å². The van der Waals surface area contributed by atoms with E-state index in [1.54, 1.807) is 24.3 Å². The van der Waals surface area contributed by atoms with Crippen molar-refractivity contribution in [2.45, 2.75) is 19.3 Å². The summed E-state index contributed by atoms with van der Waals surface area (Å²) in [6.45, 7) is 8.23. The molecule has 23 heavy (non-hydrogen) atoms. The fourth-order valence-electron chi connectivity index (χ4n) is 1.92. The number of hydrogen-bond donors (Lipinski definition) is 2. The lowest BCUT2D eigenvalue weighted by Crippen LogP contribution is -2.18. The second-order valence-electron chi connectivity index (χ2n) is 5.94. The Balaban J connectivity index is 0.000000264. The van der Waals surface area contributed by atoms with Crippen LogP contribution in [0.5, 0.6) is 11.5 Å². The Labute approximate surface area is 137 Å². The minimum Gasteiger partial charge on any atom is -0.508 e. The van der Waals surface area contributed by atoms with E-state index in [1.165, 1.54) is 0 Å².